The number of hydrogen-bond acceptors (Lipinski definition) is 20. The van der Waals surface area contributed by atoms with Gasteiger partial charge in [-0.15, -0.1) is 13.2 Å². The van der Waals surface area contributed by atoms with Gasteiger partial charge in [0.15, 0.2) is 0 Å². The van der Waals surface area contributed by atoms with E-state index in [2.05, 4.69) is 180 Å². The van der Waals surface area contributed by atoms with Gasteiger partial charge in [0.1, 0.15) is 15.9 Å². The van der Waals surface area contributed by atoms with E-state index in [0.717, 1.165) is 156 Å². The highest BCUT2D eigenvalue weighted by molar-refractivity contribution is 7.89. The van der Waals surface area contributed by atoms with Crippen molar-refractivity contribution in [2.24, 2.45) is 11.8 Å². The largest absolute Gasteiger partial charge is 0.522 e. The van der Waals surface area contributed by atoms with Gasteiger partial charge in [0.05, 0.1) is 96.1 Å². The minimum Gasteiger partial charge on any atom is -0.394 e. The van der Waals surface area contributed by atoms with Gasteiger partial charge in [-0.3, -0.25) is 19.4 Å². The molecule has 7 aliphatic rings. The van der Waals surface area contributed by atoms with E-state index in [1.165, 1.54) is 89.8 Å². The molecule has 1 aromatic rings. The lowest BCUT2D eigenvalue weighted by Crippen LogP contribution is -2.40. The molecule has 106 heavy (non-hydrogen) atoms. The van der Waals surface area contributed by atoms with E-state index in [0.29, 0.717) is 49.6 Å². The third-order valence-electron chi connectivity index (χ3n) is 15.1. The maximum absolute atomic E-state index is 10.6. The Morgan fingerprint density at radius 3 is 1.19 bits per heavy atom. The van der Waals surface area contributed by atoms with Crippen molar-refractivity contribution < 1.29 is 96.4 Å². The fourth-order valence-electron chi connectivity index (χ4n) is 10.0. The Labute approximate surface area is 640 Å². The lowest BCUT2D eigenvalue weighted by molar-refractivity contribution is -0.311. The molecule has 7 saturated heterocycles. The molecule has 20 nitrogen and oxygen atoms in total. The summed E-state index contributed by atoms with van der Waals surface area (Å²) in [6.45, 7) is 62.5. The van der Waals surface area contributed by atoms with Crippen LogP contribution in [0.2, 0.25) is 0 Å². The van der Waals surface area contributed by atoms with Crippen molar-refractivity contribution in [1.29, 1.82) is 0 Å². The monoisotopic (exact) mass is 1570 g/mol. The average molecular weight is 1570 g/mol. The quantitative estimate of drug-likeness (QED) is 0.0898. The van der Waals surface area contributed by atoms with Crippen LogP contribution in [0.15, 0.2) is 30.3 Å². The van der Waals surface area contributed by atoms with Crippen LogP contribution in [0.25, 0.3) is 0 Å². The summed E-state index contributed by atoms with van der Waals surface area (Å²) in [5, 5.41) is 23.6. The molecule has 0 saturated carbocycles. The number of benzene rings is 1. The van der Waals surface area contributed by atoms with E-state index in [-0.39, 0.29) is 26.2 Å². The second-order valence-corrected chi connectivity index (χ2v) is 31.7. The fraction of sp³-hybridized carbons (Fsp3) is 0.922. The van der Waals surface area contributed by atoms with Crippen LogP contribution in [0.5, 0.6) is 0 Å². The topological polar surface area (TPSA) is 198 Å². The van der Waals surface area contributed by atoms with Crippen molar-refractivity contribution in [2.75, 3.05) is 197 Å². The van der Waals surface area contributed by atoms with Crippen molar-refractivity contribution in [3.05, 3.63) is 35.9 Å². The molecule has 0 aromatic heterocycles. The van der Waals surface area contributed by atoms with Gasteiger partial charge in [-0.1, -0.05) is 71.9 Å². The van der Waals surface area contributed by atoms with Crippen molar-refractivity contribution in [1.82, 2.24) is 35.1 Å². The van der Waals surface area contributed by atoms with Gasteiger partial charge in [0, 0.05) is 111 Å². The van der Waals surface area contributed by atoms with Crippen LogP contribution in [0.4, 0.5) is 35.1 Å². The average Bonchev–Trinajstić information content (AvgIpc) is 1.47. The lowest BCUT2D eigenvalue weighted by Gasteiger charge is -2.29. The number of aliphatic hydroxyl groups is 2. The molecule has 29 heteroatoms. The lowest BCUT2D eigenvalue weighted by atomic mass is 10.0. The highest BCUT2D eigenvalue weighted by Gasteiger charge is 2.26. The maximum Gasteiger partial charge on any atom is 0.522 e. The van der Waals surface area contributed by atoms with Gasteiger partial charge < -0.3 is 68.5 Å². The Bertz CT molecular complexity index is 2000. The number of aliphatic hydroxyl groups excluding tert-OH is 2. The molecule has 8 rings (SSSR count). The van der Waals surface area contributed by atoms with E-state index in [9.17, 15) is 43.5 Å². The van der Waals surface area contributed by atoms with Crippen LogP contribution >= 0.6 is 0 Å². The highest BCUT2D eigenvalue weighted by atomic mass is 32.2. The second kappa shape index (κ2) is 71.9. The molecule has 0 aliphatic carbocycles. The summed E-state index contributed by atoms with van der Waals surface area (Å²) in [6, 6.07) is 12.0. The number of ether oxygens (including phenoxy) is 9. The summed E-state index contributed by atoms with van der Waals surface area (Å²) >= 11 is 0. The Morgan fingerprint density at radius 2 is 0.887 bits per heavy atom. The van der Waals surface area contributed by atoms with Crippen molar-refractivity contribution in [3.63, 3.8) is 0 Å². The van der Waals surface area contributed by atoms with E-state index in [4.69, 9.17) is 43.4 Å². The number of hydrogen-bond donors (Lipinski definition) is 4. The molecule has 1 aromatic carbocycles. The Balaban J connectivity index is -0.000000350. The third-order valence-corrected chi connectivity index (χ3v) is 15.1. The molecule has 0 bridgehead atoms. The first-order chi connectivity index (χ1) is 49.3. The number of morpholine rings is 3. The molecule has 2 atom stereocenters. The molecule has 4 N–H and O–H groups in total. The molecule has 7 heterocycles. The Hall–Kier alpha value is -2.11. The van der Waals surface area contributed by atoms with Crippen LogP contribution in [0, 0.1) is 11.8 Å². The van der Waals surface area contributed by atoms with Gasteiger partial charge in [0.2, 0.25) is 0 Å². The number of methoxy groups -OCH3 is 2. The standard InChI is InChI=1S/C9H19NO2.C9H12.2C8H17NO.C8H17N.2C7H15NO.C7H15N.C6H14O3.C2H3F3O.C2H3F3.C2H4F2O.C2H6O2S/c1-9(2)12-8-5-10-3-6-11-7-4-10;1-8(2)9-6-4-3-5-7-9;1-8(2)7-9-3-5-10-6-4-9;1-7(2)10-8-3-5-9-6-4-8;1-8(2)7-9-5-3-4-6-9;1-7(2)8-3-5-9-6-4-8;1-6(2)9-7-3-4-8-5-7;1-7(2)8-5-3-4-6-8;1-5(2)9-4-6(8)3-7;1-6-2(3,4)5;1-2(3,4)5;1-5-2(3)4;1-5(2,3)4/h9H,3-8H2,1-2H3;3-8H,1-2H3;8H,3-7H2,1-2H3;7-9H,3-6H2,1-2H3;8H,3-7H2,1-2H3;7H,3-6H2,1-2H3;6-8H,3-5H2,1-2H3;7H,3-6H2,1-2H3;5-8H,3-4H2,1-2H3;1H3;1H3;2H,1H3;1-2H3. The van der Waals surface area contributed by atoms with E-state index >= 15 is 0 Å². The van der Waals surface area contributed by atoms with E-state index in [1.54, 1.807) is 0 Å². The van der Waals surface area contributed by atoms with E-state index < -0.39 is 35.1 Å². The van der Waals surface area contributed by atoms with Crippen molar-refractivity contribution in [3.8, 4) is 0 Å². The van der Waals surface area contributed by atoms with Gasteiger partial charge in [-0.05, 0) is 197 Å². The second-order valence-electron chi connectivity index (χ2n) is 29.4. The normalized spacial score (nSPS) is 18.6. The zero-order valence-electron chi connectivity index (χ0n) is 70.3. The Morgan fingerprint density at radius 1 is 0.538 bits per heavy atom. The van der Waals surface area contributed by atoms with Gasteiger partial charge in [-0.25, -0.2) is 8.42 Å². The predicted octanol–water partition coefficient (Wildman–Crippen LogP) is 13.4. The fourth-order valence-corrected chi connectivity index (χ4v) is 10.0. The molecule has 640 valence electrons. The summed E-state index contributed by atoms with van der Waals surface area (Å²) in [6.07, 6.45) is 4.58. The Kier molecular flexibility index (Phi) is 76.3. The SMILES string of the molecule is CC(C)CN1CCCC1.CC(C)CN1CCOCC1.CC(C)N1CCCC1.CC(C)N1CCOCC1.CC(C)OC1CCNC1.CC(C)OC1CCNCC1.CC(C)OCC(O)CO.CC(C)OCCN1CCOCC1.CC(C)c1ccccc1.CC(F)(F)F.COC(F)(F)F.COC(F)F.CS(C)(=O)=O. The minimum absolute atomic E-state index is 0.117. The van der Waals surface area contributed by atoms with E-state index in [1.807, 2.05) is 19.9 Å². The zero-order valence-corrected chi connectivity index (χ0v) is 71.1. The number of likely N-dealkylation sites (tertiary alicyclic amines) is 2. The third kappa shape index (κ3) is 94.3. The first-order valence-corrected chi connectivity index (χ1v) is 41.0. The summed E-state index contributed by atoms with van der Waals surface area (Å²) in [5.41, 5.74) is 1.41. The molecule has 0 radical (unpaired) electrons. The predicted molar refractivity (Wildman–Crippen MR) is 417 cm³/mol. The van der Waals surface area contributed by atoms with Gasteiger partial charge in [-0.2, -0.15) is 22.0 Å². The molecular weight excluding hydrogens is 1410 g/mol. The summed E-state index contributed by atoms with van der Waals surface area (Å²) < 4.78 is 147. The van der Waals surface area contributed by atoms with Crippen molar-refractivity contribution >= 4 is 9.84 Å². The first-order valence-electron chi connectivity index (χ1n) is 38.7. The molecule has 7 fully saturated rings. The smallest absolute Gasteiger partial charge is 0.394 e. The molecular formula is C77H157F8N7O13S. The number of nitrogens with zero attached hydrogens (tertiary/aromatic N) is 5. The molecule has 7 aliphatic heterocycles. The number of nitrogens with one attached hydrogen (secondary N) is 2. The van der Waals surface area contributed by atoms with Crippen LogP contribution in [0.1, 0.15) is 188 Å². The van der Waals surface area contributed by atoms with Crippen LogP contribution in [-0.2, 0) is 52.5 Å². The van der Waals surface area contributed by atoms with Crippen LogP contribution in [0.3, 0.4) is 0 Å². The summed E-state index contributed by atoms with van der Waals surface area (Å²) in [7, 11) is -1.13. The minimum atomic E-state index is -4.46. The highest BCUT2D eigenvalue weighted by Crippen LogP contribution is 2.16. The summed E-state index contributed by atoms with van der Waals surface area (Å²) in [4.78, 5) is 12.4. The van der Waals surface area contributed by atoms with Crippen LogP contribution in [-0.4, -0.2) is 315 Å². The van der Waals surface area contributed by atoms with Gasteiger partial charge >= 0.3 is 19.2 Å². The number of halogens is 8. The number of piperidine rings is 1. The number of rotatable bonds is 20. The number of sulfone groups is 1. The molecule has 0 spiro atoms. The van der Waals surface area contributed by atoms with Crippen molar-refractivity contribution in [2.45, 2.75) is 256 Å². The van der Waals surface area contributed by atoms with Crippen LogP contribution < -0.4 is 10.6 Å². The molecule has 0 amide bonds. The van der Waals surface area contributed by atoms with Gasteiger partial charge in [0.25, 0.3) is 0 Å². The first kappa shape index (κ1) is 112. The maximum atomic E-state index is 10.6. The molecule has 2 unspecified atom stereocenters. The summed E-state index contributed by atoms with van der Waals surface area (Å²) in [5.74, 6) is 2.30. The zero-order chi connectivity index (χ0) is 82.1. The number of alkyl halides is 8.